The van der Waals surface area contributed by atoms with Crippen LogP contribution in [0.25, 0.3) is 0 Å². The highest BCUT2D eigenvalue weighted by atomic mass is 32.2. The summed E-state index contributed by atoms with van der Waals surface area (Å²) in [5.74, 6) is -0.0119. The molecule has 0 heterocycles. The molecule has 2 N–H and O–H groups in total. The van der Waals surface area contributed by atoms with Gasteiger partial charge in [-0.25, -0.2) is 8.42 Å². The van der Waals surface area contributed by atoms with Crippen molar-refractivity contribution in [1.82, 2.24) is 5.32 Å². The van der Waals surface area contributed by atoms with Gasteiger partial charge in [0.15, 0.2) is 0 Å². The highest BCUT2D eigenvalue weighted by Gasteiger charge is 2.23. The van der Waals surface area contributed by atoms with Crippen LogP contribution in [0.1, 0.15) is 36.5 Å². The SMILES string of the molecule is CCCS(=O)(=O)Nc1ccc(C(=O)NC2CC2)cc1. The summed E-state index contributed by atoms with van der Waals surface area (Å²) < 4.78 is 25.6. The molecule has 0 bridgehead atoms. The first-order valence-corrected chi connectivity index (χ1v) is 8.07. The van der Waals surface area contributed by atoms with E-state index in [0.29, 0.717) is 23.7 Å². The van der Waals surface area contributed by atoms with E-state index >= 15 is 0 Å². The third-order valence-corrected chi connectivity index (χ3v) is 4.30. The summed E-state index contributed by atoms with van der Waals surface area (Å²) in [5.41, 5.74) is 1.03. The maximum absolute atomic E-state index is 11.7. The molecule has 1 aliphatic rings. The summed E-state index contributed by atoms with van der Waals surface area (Å²) in [6.45, 7) is 1.81. The number of carbonyl (C=O) groups excluding carboxylic acids is 1. The molecule has 1 aromatic rings. The van der Waals surface area contributed by atoms with Gasteiger partial charge < -0.3 is 5.32 Å². The molecule has 1 fully saturated rings. The minimum atomic E-state index is -3.28. The largest absolute Gasteiger partial charge is 0.349 e. The molecule has 2 rings (SSSR count). The first kappa shape index (κ1) is 13.9. The van der Waals surface area contributed by atoms with E-state index in [4.69, 9.17) is 0 Å². The third kappa shape index (κ3) is 4.24. The normalized spacial score (nSPS) is 15.0. The van der Waals surface area contributed by atoms with Gasteiger partial charge in [-0.2, -0.15) is 0 Å². The van der Waals surface area contributed by atoms with E-state index in [0.717, 1.165) is 12.8 Å². The van der Waals surface area contributed by atoms with Gasteiger partial charge in [-0.05, 0) is 43.5 Å². The summed E-state index contributed by atoms with van der Waals surface area (Å²) in [5, 5.41) is 2.88. The van der Waals surface area contributed by atoms with Crippen molar-refractivity contribution in [3.05, 3.63) is 29.8 Å². The summed E-state index contributed by atoms with van der Waals surface area (Å²) in [6, 6.07) is 6.78. The van der Waals surface area contributed by atoms with Crippen molar-refractivity contribution in [3.8, 4) is 0 Å². The van der Waals surface area contributed by atoms with Gasteiger partial charge in [0.1, 0.15) is 0 Å². The van der Waals surface area contributed by atoms with E-state index in [9.17, 15) is 13.2 Å². The second kappa shape index (κ2) is 5.61. The van der Waals surface area contributed by atoms with Crippen LogP contribution in [-0.2, 0) is 10.0 Å². The lowest BCUT2D eigenvalue weighted by molar-refractivity contribution is 0.0951. The number of rotatable bonds is 6. The van der Waals surface area contributed by atoms with Crippen molar-refractivity contribution in [1.29, 1.82) is 0 Å². The Morgan fingerprint density at radius 2 is 1.89 bits per heavy atom. The minimum Gasteiger partial charge on any atom is -0.349 e. The number of hydrogen-bond acceptors (Lipinski definition) is 3. The second-order valence-corrected chi connectivity index (χ2v) is 6.59. The van der Waals surface area contributed by atoms with Crippen molar-refractivity contribution >= 4 is 21.6 Å². The topological polar surface area (TPSA) is 75.3 Å². The lowest BCUT2D eigenvalue weighted by Crippen LogP contribution is -2.25. The maximum atomic E-state index is 11.7. The highest BCUT2D eigenvalue weighted by molar-refractivity contribution is 7.92. The lowest BCUT2D eigenvalue weighted by atomic mass is 10.2. The van der Waals surface area contributed by atoms with Crippen molar-refractivity contribution in [2.75, 3.05) is 10.5 Å². The molecule has 1 saturated carbocycles. The van der Waals surface area contributed by atoms with Gasteiger partial charge in [0.25, 0.3) is 5.91 Å². The molecule has 0 unspecified atom stereocenters. The van der Waals surface area contributed by atoms with Crippen LogP contribution in [0.3, 0.4) is 0 Å². The molecule has 5 nitrogen and oxygen atoms in total. The molecule has 0 aliphatic heterocycles. The molecule has 6 heteroatoms. The number of hydrogen-bond donors (Lipinski definition) is 2. The first-order valence-electron chi connectivity index (χ1n) is 6.41. The number of carbonyl (C=O) groups is 1. The monoisotopic (exact) mass is 282 g/mol. The van der Waals surface area contributed by atoms with Gasteiger partial charge in [-0.3, -0.25) is 9.52 Å². The van der Waals surface area contributed by atoms with Gasteiger partial charge >= 0.3 is 0 Å². The Balaban J connectivity index is 1.99. The van der Waals surface area contributed by atoms with E-state index in [2.05, 4.69) is 10.0 Å². The van der Waals surface area contributed by atoms with Crippen LogP contribution >= 0.6 is 0 Å². The molecule has 1 aromatic carbocycles. The first-order chi connectivity index (χ1) is 9.00. The average molecular weight is 282 g/mol. The predicted molar refractivity (Wildman–Crippen MR) is 74.6 cm³/mol. The van der Waals surface area contributed by atoms with Gasteiger partial charge in [0.2, 0.25) is 10.0 Å². The average Bonchev–Trinajstić information content (AvgIpc) is 3.13. The third-order valence-electron chi connectivity index (χ3n) is 2.81. The Kier molecular flexibility index (Phi) is 4.09. The van der Waals surface area contributed by atoms with Crippen LogP contribution in [0.2, 0.25) is 0 Å². The zero-order chi connectivity index (χ0) is 13.9. The fourth-order valence-corrected chi connectivity index (χ4v) is 2.82. The molecule has 19 heavy (non-hydrogen) atoms. The van der Waals surface area contributed by atoms with Crippen LogP contribution in [0.15, 0.2) is 24.3 Å². The lowest BCUT2D eigenvalue weighted by Gasteiger charge is -2.08. The van der Waals surface area contributed by atoms with Crippen LogP contribution in [0, 0.1) is 0 Å². The van der Waals surface area contributed by atoms with Crippen LogP contribution in [-0.4, -0.2) is 26.1 Å². The fourth-order valence-electron chi connectivity index (χ4n) is 1.69. The number of benzene rings is 1. The summed E-state index contributed by atoms with van der Waals surface area (Å²) in [4.78, 5) is 11.7. The zero-order valence-corrected chi connectivity index (χ0v) is 11.7. The fraction of sp³-hybridized carbons (Fsp3) is 0.462. The molecule has 0 saturated heterocycles. The Morgan fingerprint density at radius 3 is 2.42 bits per heavy atom. The number of anilines is 1. The minimum absolute atomic E-state index is 0.0942. The molecular weight excluding hydrogens is 264 g/mol. The smallest absolute Gasteiger partial charge is 0.251 e. The van der Waals surface area contributed by atoms with Crippen molar-refractivity contribution in [3.63, 3.8) is 0 Å². The Bertz CT molecular complexity index is 548. The molecule has 1 aliphatic carbocycles. The van der Waals surface area contributed by atoms with Gasteiger partial charge in [-0.15, -0.1) is 0 Å². The van der Waals surface area contributed by atoms with E-state index < -0.39 is 10.0 Å². The molecule has 0 atom stereocenters. The van der Waals surface area contributed by atoms with Crippen molar-refractivity contribution < 1.29 is 13.2 Å². The van der Waals surface area contributed by atoms with Crippen LogP contribution in [0.4, 0.5) is 5.69 Å². The van der Waals surface area contributed by atoms with Crippen molar-refractivity contribution in [2.24, 2.45) is 0 Å². The number of sulfonamides is 1. The Labute approximate surface area is 113 Å². The molecular formula is C13H18N2O3S. The van der Waals surface area contributed by atoms with E-state index in [1.807, 2.05) is 6.92 Å². The second-order valence-electron chi connectivity index (χ2n) is 4.75. The van der Waals surface area contributed by atoms with Crippen molar-refractivity contribution in [2.45, 2.75) is 32.2 Å². The summed E-state index contributed by atoms with van der Waals surface area (Å²) in [6.07, 6.45) is 2.65. The van der Waals surface area contributed by atoms with Gasteiger partial charge in [0, 0.05) is 17.3 Å². The molecule has 0 radical (unpaired) electrons. The summed E-state index contributed by atoms with van der Waals surface area (Å²) in [7, 11) is -3.28. The Hall–Kier alpha value is -1.56. The molecule has 0 spiro atoms. The van der Waals surface area contributed by atoms with E-state index in [1.165, 1.54) is 0 Å². The predicted octanol–water partition coefficient (Wildman–Crippen LogP) is 1.73. The highest BCUT2D eigenvalue weighted by Crippen LogP contribution is 2.19. The number of amides is 1. The molecule has 104 valence electrons. The van der Waals surface area contributed by atoms with E-state index in [1.54, 1.807) is 24.3 Å². The van der Waals surface area contributed by atoms with Gasteiger partial charge in [0.05, 0.1) is 5.75 Å². The van der Waals surface area contributed by atoms with E-state index in [-0.39, 0.29) is 11.7 Å². The van der Waals surface area contributed by atoms with Gasteiger partial charge in [-0.1, -0.05) is 6.92 Å². The maximum Gasteiger partial charge on any atom is 0.251 e. The quantitative estimate of drug-likeness (QED) is 0.834. The number of nitrogens with one attached hydrogen (secondary N) is 2. The van der Waals surface area contributed by atoms with Crippen LogP contribution < -0.4 is 10.0 Å². The zero-order valence-electron chi connectivity index (χ0n) is 10.8. The molecule has 0 aromatic heterocycles. The summed E-state index contributed by atoms with van der Waals surface area (Å²) >= 11 is 0. The Morgan fingerprint density at radius 1 is 1.26 bits per heavy atom. The van der Waals surface area contributed by atoms with Crippen LogP contribution in [0.5, 0.6) is 0 Å². The molecule has 1 amide bonds. The standard InChI is InChI=1S/C13H18N2O3S/c1-2-9-19(17,18)15-12-5-3-10(4-6-12)13(16)14-11-7-8-11/h3-6,11,15H,2,7-9H2,1H3,(H,14,16).